The average Bonchev–Trinajstić information content (AvgIpc) is 2.41. The number of nitro benzene ring substituents is 1. The minimum Gasteiger partial charge on any atom is -0.383 e. The molecular weight excluding hydrogens is 262 g/mol. The second kappa shape index (κ2) is 6.77. The van der Waals surface area contributed by atoms with Crippen LogP contribution in [-0.4, -0.2) is 47.5 Å². The average molecular weight is 281 g/mol. The van der Waals surface area contributed by atoms with Gasteiger partial charge in [-0.3, -0.25) is 15.0 Å². The fourth-order valence-electron chi connectivity index (χ4n) is 2.19. The monoisotopic (exact) mass is 281 g/mol. The predicted octanol–water partition coefficient (Wildman–Crippen LogP) is 2.36. The first-order valence-electron chi connectivity index (χ1n) is 6.46. The van der Waals surface area contributed by atoms with Gasteiger partial charge in [0.1, 0.15) is 0 Å². The van der Waals surface area contributed by atoms with Crippen molar-refractivity contribution >= 4 is 23.1 Å². The van der Waals surface area contributed by atoms with Gasteiger partial charge < -0.3 is 5.32 Å². The molecule has 1 aliphatic rings. The zero-order valence-electron chi connectivity index (χ0n) is 11.1. The Hall–Kier alpha value is -1.27. The Kier molecular flexibility index (Phi) is 5.04. The summed E-state index contributed by atoms with van der Waals surface area (Å²) in [6, 6.07) is 5.17. The Balaban J connectivity index is 1.88. The lowest BCUT2D eigenvalue weighted by atomic mass is 10.1. The Labute approximate surface area is 117 Å². The highest BCUT2D eigenvalue weighted by Crippen LogP contribution is 2.24. The standard InChI is InChI=1S/C13H19N3O2S/c1-11-12(3-2-4-13(11)16(17)18)14-5-6-15-7-9-19-10-8-15/h2-4,14H,5-10H2,1H3. The summed E-state index contributed by atoms with van der Waals surface area (Å²) in [6.45, 7) is 5.88. The van der Waals surface area contributed by atoms with E-state index in [9.17, 15) is 10.1 Å². The van der Waals surface area contributed by atoms with Crippen molar-refractivity contribution in [1.29, 1.82) is 0 Å². The molecule has 0 unspecified atom stereocenters. The molecule has 1 aromatic rings. The molecule has 19 heavy (non-hydrogen) atoms. The number of nitrogens with zero attached hydrogens (tertiary/aromatic N) is 2. The fraction of sp³-hybridized carbons (Fsp3) is 0.538. The van der Waals surface area contributed by atoms with Crippen LogP contribution in [0.25, 0.3) is 0 Å². The van der Waals surface area contributed by atoms with Crippen molar-refractivity contribution in [3.8, 4) is 0 Å². The second-order valence-electron chi connectivity index (χ2n) is 4.59. The molecule has 0 atom stereocenters. The SMILES string of the molecule is Cc1c(NCCN2CCSCC2)cccc1[N+](=O)[O-]. The number of benzene rings is 1. The molecule has 1 aliphatic heterocycles. The van der Waals surface area contributed by atoms with E-state index in [2.05, 4.69) is 10.2 Å². The summed E-state index contributed by atoms with van der Waals surface area (Å²) in [5.41, 5.74) is 1.75. The van der Waals surface area contributed by atoms with Crippen molar-refractivity contribution in [3.05, 3.63) is 33.9 Å². The molecule has 0 bridgehead atoms. The minimum absolute atomic E-state index is 0.180. The van der Waals surface area contributed by atoms with E-state index in [0.29, 0.717) is 5.56 Å². The third-order valence-electron chi connectivity index (χ3n) is 3.35. The van der Waals surface area contributed by atoms with Crippen LogP contribution in [-0.2, 0) is 0 Å². The first-order chi connectivity index (χ1) is 9.18. The van der Waals surface area contributed by atoms with E-state index in [4.69, 9.17) is 0 Å². The summed E-state index contributed by atoms with van der Waals surface area (Å²) in [7, 11) is 0. The number of nitro groups is 1. The van der Waals surface area contributed by atoms with Crippen molar-refractivity contribution < 1.29 is 4.92 Å². The predicted molar refractivity (Wildman–Crippen MR) is 80.1 cm³/mol. The van der Waals surface area contributed by atoms with Crippen LogP contribution >= 0.6 is 11.8 Å². The minimum atomic E-state index is -0.331. The lowest BCUT2D eigenvalue weighted by Crippen LogP contribution is -2.36. The molecule has 2 rings (SSSR count). The lowest BCUT2D eigenvalue weighted by molar-refractivity contribution is -0.385. The van der Waals surface area contributed by atoms with Gasteiger partial charge in [0.05, 0.1) is 4.92 Å². The summed E-state index contributed by atoms with van der Waals surface area (Å²) in [5.74, 6) is 2.41. The van der Waals surface area contributed by atoms with Crippen LogP contribution in [0, 0.1) is 17.0 Å². The first kappa shape index (κ1) is 14.1. The molecule has 1 saturated heterocycles. The molecule has 0 aromatic heterocycles. The molecule has 1 fully saturated rings. The molecule has 1 heterocycles. The third kappa shape index (κ3) is 3.84. The van der Waals surface area contributed by atoms with Crippen molar-refractivity contribution in [2.45, 2.75) is 6.92 Å². The Bertz CT molecular complexity index is 448. The summed E-state index contributed by atoms with van der Waals surface area (Å²) < 4.78 is 0. The molecule has 104 valence electrons. The number of thioether (sulfide) groups is 1. The van der Waals surface area contributed by atoms with Crippen LogP contribution in [0.1, 0.15) is 5.56 Å². The lowest BCUT2D eigenvalue weighted by Gasteiger charge is -2.26. The summed E-state index contributed by atoms with van der Waals surface area (Å²) in [4.78, 5) is 13.0. The van der Waals surface area contributed by atoms with E-state index in [-0.39, 0.29) is 10.6 Å². The number of anilines is 1. The van der Waals surface area contributed by atoms with Crippen LogP contribution in [0.2, 0.25) is 0 Å². The zero-order valence-corrected chi connectivity index (χ0v) is 11.9. The van der Waals surface area contributed by atoms with Crippen molar-refractivity contribution in [1.82, 2.24) is 4.90 Å². The molecule has 0 amide bonds. The zero-order chi connectivity index (χ0) is 13.7. The molecule has 6 heteroatoms. The van der Waals surface area contributed by atoms with Gasteiger partial charge in [-0.05, 0) is 13.0 Å². The van der Waals surface area contributed by atoms with Gasteiger partial charge in [-0.25, -0.2) is 0 Å². The van der Waals surface area contributed by atoms with Gasteiger partial charge in [0.25, 0.3) is 5.69 Å². The molecule has 0 aliphatic carbocycles. The van der Waals surface area contributed by atoms with Crippen LogP contribution in [0.3, 0.4) is 0 Å². The molecule has 1 N–H and O–H groups in total. The van der Waals surface area contributed by atoms with E-state index in [1.54, 1.807) is 19.1 Å². The van der Waals surface area contributed by atoms with Gasteiger partial charge in [-0.15, -0.1) is 0 Å². The van der Waals surface area contributed by atoms with Crippen molar-refractivity contribution in [2.24, 2.45) is 0 Å². The maximum absolute atomic E-state index is 10.9. The topological polar surface area (TPSA) is 58.4 Å². The first-order valence-corrected chi connectivity index (χ1v) is 7.62. The second-order valence-corrected chi connectivity index (χ2v) is 5.81. The fourth-order valence-corrected chi connectivity index (χ4v) is 3.16. The number of hydrogen-bond donors (Lipinski definition) is 1. The Morgan fingerprint density at radius 2 is 2.16 bits per heavy atom. The summed E-state index contributed by atoms with van der Waals surface area (Å²) in [5, 5.41) is 14.2. The van der Waals surface area contributed by atoms with Crippen molar-refractivity contribution in [3.63, 3.8) is 0 Å². The Morgan fingerprint density at radius 1 is 1.42 bits per heavy atom. The van der Waals surface area contributed by atoms with Crippen LogP contribution in [0.4, 0.5) is 11.4 Å². The van der Waals surface area contributed by atoms with Gasteiger partial charge in [-0.1, -0.05) is 6.07 Å². The molecule has 5 nitrogen and oxygen atoms in total. The maximum Gasteiger partial charge on any atom is 0.274 e. The third-order valence-corrected chi connectivity index (χ3v) is 4.29. The normalized spacial score (nSPS) is 16.3. The molecule has 0 radical (unpaired) electrons. The van der Waals surface area contributed by atoms with E-state index in [1.807, 2.05) is 17.8 Å². The van der Waals surface area contributed by atoms with Crippen LogP contribution in [0.15, 0.2) is 18.2 Å². The maximum atomic E-state index is 10.9. The van der Waals surface area contributed by atoms with Crippen molar-refractivity contribution in [2.75, 3.05) is 43.0 Å². The van der Waals surface area contributed by atoms with Gasteiger partial charge in [0.2, 0.25) is 0 Å². The van der Waals surface area contributed by atoms with Crippen LogP contribution in [0.5, 0.6) is 0 Å². The largest absolute Gasteiger partial charge is 0.383 e. The van der Waals surface area contributed by atoms with Crippen LogP contribution < -0.4 is 5.32 Å². The molecule has 0 saturated carbocycles. The quantitative estimate of drug-likeness (QED) is 0.663. The molecule has 1 aromatic carbocycles. The summed E-state index contributed by atoms with van der Waals surface area (Å²) >= 11 is 2.00. The van der Waals surface area contributed by atoms with E-state index >= 15 is 0 Å². The van der Waals surface area contributed by atoms with E-state index < -0.39 is 0 Å². The van der Waals surface area contributed by atoms with E-state index in [1.165, 1.54) is 11.5 Å². The number of nitrogens with one attached hydrogen (secondary N) is 1. The highest BCUT2D eigenvalue weighted by atomic mass is 32.2. The number of hydrogen-bond acceptors (Lipinski definition) is 5. The van der Waals surface area contributed by atoms with Gasteiger partial charge >= 0.3 is 0 Å². The molecular formula is C13H19N3O2S. The molecule has 0 spiro atoms. The van der Waals surface area contributed by atoms with E-state index in [0.717, 1.165) is 31.9 Å². The smallest absolute Gasteiger partial charge is 0.274 e. The highest BCUT2D eigenvalue weighted by molar-refractivity contribution is 7.99. The van der Waals surface area contributed by atoms with Gasteiger partial charge in [0.15, 0.2) is 0 Å². The summed E-state index contributed by atoms with van der Waals surface area (Å²) in [6.07, 6.45) is 0. The number of rotatable bonds is 5. The van der Waals surface area contributed by atoms with Gasteiger partial charge in [0, 0.05) is 55.0 Å². The highest BCUT2D eigenvalue weighted by Gasteiger charge is 2.13. The van der Waals surface area contributed by atoms with Gasteiger partial charge in [-0.2, -0.15) is 11.8 Å². The Morgan fingerprint density at radius 3 is 2.84 bits per heavy atom.